The van der Waals surface area contributed by atoms with Crippen LogP contribution in [0.15, 0.2) is 64.5 Å². The number of aromatic nitrogens is 3. The third-order valence-corrected chi connectivity index (χ3v) is 6.48. The number of carbonyl (C=O) groups excluding carboxylic acids is 1. The van der Waals surface area contributed by atoms with Crippen molar-refractivity contribution in [3.63, 3.8) is 0 Å². The number of nitrogens with zero attached hydrogens (tertiary/aromatic N) is 3. The van der Waals surface area contributed by atoms with Crippen molar-refractivity contribution in [2.24, 2.45) is 5.16 Å². The molecule has 2 aromatic carbocycles. The summed E-state index contributed by atoms with van der Waals surface area (Å²) in [6, 6.07) is 17.6. The summed E-state index contributed by atoms with van der Waals surface area (Å²) in [5, 5.41) is 5.25. The summed E-state index contributed by atoms with van der Waals surface area (Å²) < 4.78 is 0. The van der Waals surface area contributed by atoms with Gasteiger partial charge in [0.05, 0.1) is 11.0 Å². The maximum atomic E-state index is 12.7. The van der Waals surface area contributed by atoms with Crippen molar-refractivity contribution in [3.8, 4) is 0 Å². The van der Waals surface area contributed by atoms with E-state index < -0.39 is 0 Å². The van der Waals surface area contributed by atoms with Crippen LogP contribution in [0.1, 0.15) is 43.2 Å². The fourth-order valence-corrected chi connectivity index (χ4v) is 4.57. The number of pyridine rings is 1. The minimum Gasteiger partial charge on any atom is -0.385 e. The number of imidazole rings is 1. The van der Waals surface area contributed by atoms with E-state index in [1.54, 1.807) is 0 Å². The summed E-state index contributed by atoms with van der Waals surface area (Å²) >= 11 is 0. The highest BCUT2D eigenvalue weighted by Gasteiger charge is 2.22. The van der Waals surface area contributed by atoms with Gasteiger partial charge >= 0.3 is 5.69 Å². The van der Waals surface area contributed by atoms with Crippen LogP contribution in [-0.4, -0.2) is 51.2 Å². The van der Waals surface area contributed by atoms with Crippen LogP contribution >= 0.6 is 0 Å². The molecule has 0 spiro atoms. The molecule has 4 aromatic rings. The summed E-state index contributed by atoms with van der Waals surface area (Å²) in [5.74, 6) is -0.0652. The van der Waals surface area contributed by atoms with E-state index in [0.717, 1.165) is 34.9 Å². The van der Waals surface area contributed by atoms with Crippen LogP contribution in [0.25, 0.3) is 22.1 Å². The average molecular weight is 458 g/mol. The number of aromatic amines is 2. The number of hydrogen-bond acceptors (Lipinski definition) is 5. The van der Waals surface area contributed by atoms with E-state index in [1.165, 1.54) is 19.3 Å². The zero-order valence-corrected chi connectivity index (χ0v) is 19.1. The first kappa shape index (κ1) is 21.9. The molecule has 8 heteroatoms. The molecule has 0 saturated heterocycles. The highest BCUT2D eigenvalue weighted by atomic mass is 16.6. The van der Waals surface area contributed by atoms with E-state index >= 15 is 0 Å². The van der Waals surface area contributed by atoms with Gasteiger partial charge < -0.3 is 14.7 Å². The molecule has 1 saturated carbocycles. The number of H-pyrrole nitrogens is 2. The number of hydrogen-bond donors (Lipinski definition) is 2. The third kappa shape index (κ3) is 4.57. The molecule has 34 heavy (non-hydrogen) atoms. The summed E-state index contributed by atoms with van der Waals surface area (Å²) in [6.07, 6.45) is 5.67. The zero-order chi connectivity index (χ0) is 23.5. The van der Waals surface area contributed by atoms with Crippen molar-refractivity contribution in [3.05, 3.63) is 76.2 Å². The van der Waals surface area contributed by atoms with Gasteiger partial charge in [0.25, 0.3) is 5.91 Å². The van der Waals surface area contributed by atoms with Gasteiger partial charge in [-0.2, -0.15) is 0 Å². The highest BCUT2D eigenvalue weighted by Crippen LogP contribution is 2.22. The molecule has 5 rings (SSSR count). The fourth-order valence-electron chi connectivity index (χ4n) is 4.57. The molecule has 0 bridgehead atoms. The third-order valence-electron chi connectivity index (χ3n) is 6.48. The van der Waals surface area contributed by atoms with Crippen LogP contribution in [0.2, 0.25) is 0 Å². The Labute approximate surface area is 196 Å². The smallest absolute Gasteiger partial charge is 0.325 e. The van der Waals surface area contributed by atoms with Crippen molar-refractivity contribution < 1.29 is 9.63 Å². The lowest BCUT2D eigenvalue weighted by Crippen LogP contribution is -2.40. The Hall–Kier alpha value is -3.94. The summed E-state index contributed by atoms with van der Waals surface area (Å²) in [4.78, 5) is 41.7. The van der Waals surface area contributed by atoms with E-state index in [1.807, 2.05) is 66.5 Å². The second kappa shape index (κ2) is 9.51. The van der Waals surface area contributed by atoms with Crippen molar-refractivity contribution in [1.29, 1.82) is 0 Å². The Kier molecular flexibility index (Phi) is 6.12. The van der Waals surface area contributed by atoms with Crippen LogP contribution < -0.4 is 5.69 Å². The lowest BCUT2D eigenvalue weighted by atomic mass is 9.94. The first-order chi connectivity index (χ1) is 16.6. The maximum absolute atomic E-state index is 12.7. The molecule has 8 nitrogen and oxygen atoms in total. The van der Waals surface area contributed by atoms with Gasteiger partial charge in [0, 0.05) is 29.6 Å². The van der Waals surface area contributed by atoms with E-state index in [4.69, 9.17) is 4.84 Å². The Morgan fingerprint density at radius 2 is 1.85 bits per heavy atom. The number of fused-ring (bicyclic) bond motifs is 2. The Morgan fingerprint density at radius 1 is 1.06 bits per heavy atom. The predicted octanol–water partition coefficient (Wildman–Crippen LogP) is 3.96. The zero-order valence-electron chi connectivity index (χ0n) is 19.1. The Morgan fingerprint density at radius 3 is 2.65 bits per heavy atom. The SMILES string of the molecule is CN(C(=O)CO/N=C(/c1ccccc1)c1ccc2nc3[nH]c(=O)[nH]c3cc2c1)C1CCCCC1. The van der Waals surface area contributed by atoms with Crippen molar-refractivity contribution in [2.45, 2.75) is 38.1 Å². The van der Waals surface area contributed by atoms with Crippen molar-refractivity contribution in [1.82, 2.24) is 19.9 Å². The minimum atomic E-state index is -0.291. The van der Waals surface area contributed by atoms with Crippen LogP contribution in [0.4, 0.5) is 0 Å². The molecule has 2 N–H and O–H groups in total. The number of benzene rings is 2. The molecule has 2 heterocycles. The fraction of sp³-hybridized carbons (Fsp3) is 0.308. The number of amides is 1. The summed E-state index contributed by atoms with van der Waals surface area (Å²) in [6.45, 7) is -0.107. The van der Waals surface area contributed by atoms with E-state index in [-0.39, 0.29) is 24.2 Å². The van der Waals surface area contributed by atoms with Crippen LogP contribution in [0.5, 0.6) is 0 Å². The topological polar surface area (TPSA) is 103 Å². The van der Waals surface area contributed by atoms with Gasteiger partial charge in [-0.1, -0.05) is 60.8 Å². The van der Waals surface area contributed by atoms with Crippen molar-refractivity contribution in [2.75, 3.05) is 13.7 Å². The van der Waals surface area contributed by atoms with Gasteiger partial charge in [-0.15, -0.1) is 0 Å². The first-order valence-corrected chi connectivity index (χ1v) is 11.6. The molecular formula is C26H27N5O3. The maximum Gasteiger partial charge on any atom is 0.325 e. The van der Waals surface area contributed by atoms with Gasteiger partial charge in [-0.05, 0) is 31.0 Å². The van der Waals surface area contributed by atoms with Gasteiger partial charge in [0.15, 0.2) is 12.3 Å². The number of rotatable bonds is 6. The second-order valence-corrected chi connectivity index (χ2v) is 8.75. The van der Waals surface area contributed by atoms with Gasteiger partial charge in [0.2, 0.25) is 0 Å². The quantitative estimate of drug-likeness (QED) is 0.338. The molecule has 0 radical (unpaired) electrons. The first-order valence-electron chi connectivity index (χ1n) is 11.6. The standard InChI is InChI=1S/C26H27N5O3/c1-31(20-10-6-3-7-11-20)23(32)16-34-30-24(17-8-4-2-5-9-17)18-12-13-21-19(14-18)15-22-25(27-21)29-26(33)28-22/h2,4-5,8-9,12-15,20H,3,6-7,10-11,16H2,1H3,(H2,27,28,29,33)/b30-24-. The largest absolute Gasteiger partial charge is 0.385 e. The van der Waals surface area contributed by atoms with Gasteiger partial charge in [-0.3, -0.25) is 9.78 Å². The number of nitrogens with one attached hydrogen (secondary N) is 2. The van der Waals surface area contributed by atoms with E-state index in [0.29, 0.717) is 16.9 Å². The van der Waals surface area contributed by atoms with Crippen LogP contribution in [0.3, 0.4) is 0 Å². The molecule has 1 fully saturated rings. The predicted molar refractivity (Wildman–Crippen MR) is 132 cm³/mol. The monoisotopic (exact) mass is 457 g/mol. The van der Waals surface area contributed by atoms with Gasteiger partial charge in [-0.25, -0.2) is 9.78 Å². The molecule has 174 valence electrons. The minimum absolute atomic E-state index is 0.0652. The lowest BCUT2D eigenvalue weighted by Gasteiger charge is -2.30. The Balaban J connectivity index is 1.42. The van der Waals surface area contributed by atoms with E-state index in [9.17, 15) is 9.59 Å². The molecule has 1 aliphatic rings. The molecular weight excluding hydrogens is 430 g/mol. The van der Waals surface area contributed by atoms with Crippen LogP contribution in [0, 0.1) is 0 Å². The number of carbonyl (C=O) groups is 1. The average Bonchev–Trinajstić information content (AvgIpc) is 3.24. The molecule has 0 unspecified atom stereocenters. The van der Waals surface area contributed by atoms with E-state index in [2.05, 4.69) is 20.1 Å². The second-order valence-electron chi connectivity index (χ2n) is 8.75. The lowest BCUT2D eigenvalue weighted by molar-refractivity contribution is -0.137. The molecule has 0 atom stereocenters. The molecule has 1 amide bonds. The molecule has 2 aromatic heterocycles. The summed E-state index contributed by atoms with van der Waals surface area (Å²) in [7, 11) is 1.85. The molecule has 0 aliphatic heterocycles. The number of likely N-dealkylation sites (N-methyl/N-ethyl adjacent to an activating group) is 1. The number of oxime groups is 1. The highest BCUT2D eigenvalue weighted by molar-refractivity contribution is 6.14. The summed E-state index contributed by atoms with van der Waals surface area (Å²) in [5.41, 5.74) is 3.94. The van der Waals surface area contributed by atoms with Crippen molar-refractivity contribution >= 4 is 33.7 Å². The Bertz CT molecular complexity index is 1400. The normalized spacial score (nSPS) is 15.0. The van der Waals surface area contributed by atoms with Crippen LogP contribution in [-0.2, 0) is 9.63 Å². The van der Waals surface area contributed by atoms with Gasteiger partial charge in [0.1, 0.15) is 5.71 Å². The molecule has 1 aliphatic carbocycles.